The average Bonchev–Trinajstić information content (AvgIpc) is 3.17. The Bertz CT molecular complexity index is 1040. The summed E-state index contributed by atoms with van der Waals surface area (Å²) in [7, 11) is 0. The van der Waals surface area contributed by atoms with Gasteiger partial charge in [0.15, 0.2) is 11.6 Å². The molecular formula is C21H25FN6O2. The number of carbonyl (C=O) groups excluding carboxylic acids is 1. The van der Waals surface area contributed by atoms with Crippen LogP contribution in [0.1, 0.15) is 38.3 Å². The number of nitrogens with zero attached hydrogens (tertiary/aromatic N) is 4. The molecule has 1 amide bonds. The number of halogens is 1. The summed E-state index contributed by atoms with van der Waals surface area (Å²) in [6.07, 6.45) is 6.01. The molecule has 30 heavy (non-hydrogen) atoms. The number of ether oxygens (including phenoxy) is 1. The number of nitrogens with two attached hydrogens (primary N) is 1. The third-order valence-corrected chi connectivity index (χ3v) is 4.62. The van der Waals surface area contributed by atoms with Crippen molar-refractivity contribution in [1.29, 1.82) is 0 Å². The molecule has 2 heterocycles. The largest absolute Gasteiger partial charge is 0.491 e. The predicted molar refractivity (Wildman–Crippen MR) is 112 cm³/mol. The van der Waals surface area contributed by atoms with Crippen LogP contribution < -0.4 is 15.8 Å². The van der Waals surface area contributed by atoms with Crippen LogP contribution in [0.15, 0.2) is 36.8 Å². The highest BCUT2D eigenvalue weighted by molar-refractivity contribution is 5.74. The molecule has 0 fully saturated rings. The molecule has 3 aromatic rings. The molecule has 0 saturated carbocycles. The van der Waals surface area contributed by atoms with Gasteiger partial charge in [-0.15, -0.1) is 0 Å². The molecule has 0 bridgehead atoms. The highest BCUT2D eigenvalue weighted by Gasteiger charge is 2.15. The number of amides is 1. The van der Waals surface area contributed by atoms with Crippen LogP contribution in [0.5, 0.6) is 5.75 Å². The lowest BCUT2D eigenvalue weighted by atomic mass is 10.1. The zero-order chi connectivity index (χ0) is 21.7. The first kappa shape index (κ1) is 21.2. The lowest BCUT2D eigenvalue weighted by molar-refractivity contribution is -0.118. The highest BCUT2D eigenvalue weighted by atomic mass is 19.1. The second kappa shape index (κ2) is 9.34. The number of hydrogen-bond acceptors (Lipinski definition) is 6. The van der Waals surface area contributed by atoms with Crippen LogP contribution in [0.4, 0.5) is 16.0 Å². The summed E-state index contributed by atoms with van der Waals surface area (Å²) in [6.45, 7) is 6.02. The maximum absolute atomic E-state index is 14.3. The van der Waals surface area contributed by atoms with Crippen molar-refractivity contribution >= 4 is 17.5 Å². The number of benzene rings is 1. The normalized spacial score (nSPS) is 11.9. The van der Waals surface area contributed by atoms with Crippen LogP contribution in [0.2, 0.25) is 0 Å². The van der Waals surface area contributed by atoms with Gasteiger partial charge in [-0.2, -0.15) is 5.10 Å². The van der Waals surface area contributed by atoms with Gasteiger partial charge in [0.1, 0.15) is 0 Å². The molecule has 9 heteroatoms. The Kier molecular flexibility index (Phi) is 6.61. The summed E-state index contributed by atoms with van der Waals surface area (Å²) in [5.74, 6) is -0.253. The number of rotatable bonds is 9. The minimum Gasteiger partial charge on any atom is -0.491 e. The Morgan fingerprint density at radius 3 is 2.80 bits per heavy atom. The summed E-state index contributed by atoms with van der Waals surface area (Å²) >= 11 is 0. The number of aromatic nitrogens is 4. The van der Waals surface area contributed by atoms with Crippen molar-refractivity contribution in [2.45, 2.75) is 39.7 Å². The van der Waals surface area contributed by atoms with Gasteiger partial charge in [0.25, 0.3) is 0 Å². The standard InChI is InChI=1S/C21H25FN6O2/c1-4-16(9-19(23)29)28-12-15(11-25-28)26-21-24-10-13(3)20(27-21)14-6-7-18(30-5-2)17(22)8-14/h6-8,10-12,16H,4-5,9H2,1-3H3,(H2,23,29)(H,24,26,27). The van der Waals surface area contributed by atoms with Crippen LogP contribution in [0, 0.1) is 12.7 Å². The number of carbonyl (C=O) groups is 1. The second-order valence-electron chi connectivity index (χ2n) is 6.87. The summed E-state index contributed by atoms with van der Waals surface area (Å²) in [6, 6.07) is 4.65. The van der Waals surface area contributed by atoms with E-state index in [0.717, 1.165) is 12.0 Å². The van der Waals surface area contributed by atoms with Gasteiger partial charge in [-0.05, 0) is 44.0 Å². The Morgan fingerprint density at radius 2 is 2.13 bits per heavy atom. The van der Waals surface area contributed by atoms with E-state index in [4.69, 9.17) is 10.5 Å². The predicted octanol–water partition coefficient (Wildman–Crippen LogP) is 3.76. The van der Waals surface area contributed by atoms with Crippen LogP contribution in [-0.2, 0) is 4.79 Å². The zero-order valence-corrected chi connectivity index (χ0v) is 17.2. The minimum absolute atomic E-state index is 0.112. The molecule has 0 aliphatic rings. The van der Waals surface area contributed by atoms with E-state index in [1.165, 1.54) is 6.07 Å². The monoisotopic (exact) mass is 412 g/mol. The third-order valence-electron chi connectivity index (χ3n) is 4.62. The molecule has 158 valence electrons. The second-order valence-corrected chi connectivity index (χ2v) is 6.87. The molecule has 8 nitrogen and oxygen atoms in total. The molecule has 2 aromatic heterocycles. The summed E-state index contributed by atoms with van der Waals surface area (Å²) in [5.41, 5.74) is 8.03. The quantitative estimate of drug-likeness (QED) is 0.554. The van der Waals surface area contributed by atoms with Crippen molar-refractivity contribution in [3.05, 3.63) is 48.2 Å². The summed E-state index contributed by atoms with van der Waals surface area (Å²) in [4.78, 5) is 20.1. The number of anilines is 2. The number of nitrogens with one attached hydrogen (secondary N) is 1. The SMILES string of the molecule is CCOc1ccc(-c2nc(Nc3cnn(C(CC)CC(N)=O)c3)ncc2C)cc1F. The first-order chi connectivity index (χ1) is 14.4. The zero-order valence-electron chi connectivity index (χ0n) is 17.2. The third kappa shape index (κ3) is 4.91. The van der Waals surface area contributed by atoms with E-state index < -0.39 is 5.82 Å². The number of aryl methyl sites for hydroxylation is 1. The first-order valence-electron chi connectivity index (χ1n) is 9.77. The Balaban J connectivity index is 1.82. The van der Waals surface area contributed by atoms with Gasteiger partial charge in [0.05, 0.1) is 30.2 Å². The topological polar surface area (TPSA) is 108 Å². The summed E-state index contributed by atoms with van der Waals surface area (Å²) in [5, 5.41) is 7.40. The number of primary amides is 1. The van der Waals surface area contributed by atoms with Crippen molar-refractivity contribution in [3.8, 4) is 17.0 Å². The maximum Gasteiger partial charge on any atom is 0.227 e. The summed E-state index contributed by atoms with van der Waals surface area (Å²) < 4.78 is 21.2. The van der Waals surface area contributed by atoms with E-state index in [0.29, 0.717) is 29.5 Å². The lowest BCUT2D eigenvalue weighted by Crippen LogP contribution is -2.19. The van der Waals surface area contributed by atoms with Gasteiger partial charge in [-0.25, -0.2) is 14.4 Å². The van der Waals surface area contributed by atoms with E-state index in [2.05, 4.69) is 20.4 Å². The van der Waals surface area contributed by atoms with E-state index in [-0.39, 0.29) is 24.1 Å². The van der Waals surface area contributed by atoms with E-state index in [1.807, 2.05) is 13.8 Å². The molecule has 1 aromatic carbocycles. The van der Waals surface area contributed by atoms with Crippen LogP contribution in [0.3, 0.4) is 0 Å². The van der Waals surface area contributed by atoms with Crippen molar-refractivity contribution in [3.63, 3.8) is 0 Å². The molecule has 0 aliphatic carbocycles. The van der Waals surface area contributed by atoms with Crippen molar-refractivity contribution in [1.82, 2.24) is 19.7 Å². The van der Waals surface area contributed by atoms with Gasteiger partial charge < -0.3 is 15.8 Å². The van der Waals surface area contributed by atoms with E-state index in [9.17, 15) is 9.18 Å². The minimum atomic E-state index is -0.441. The average molecular weight is 412 g/mol. The molecule has 3 rings (SSSR count). The Labute approximate surface area is 174 Å². The molecule has 3 N–H and O–H groups in total. The molecule has 0 spiro atoms. The van der Waals surface area contributed by atoms with Gasteiger partial charge in [-0.3, -0.25) is 9.48 Å². The van der Waals surface area contributed by atoms with Gasteiger partial charge in [0, 0.05) is 24.4 Å². The van der Waals surface area contributed by atoms with Gasteiger partial charge in [0.2, 0.25) is 11.9 Å². The molecule has 0 radical (unpaired) electrons. The Hall–Kier alpha value is -3.49. The van der Waals surface area contributed by atoms with Crippen LogP contribution in [0.25, 0.3) is 11.3 Å². The fraction of sp³-hybridized carbons (Fsp3) is 0.333. The van der Waals surface area contributed by atoms with Crippen molar-refractivity contribution < 1.29 is 13.9 Å². The fourth-order valence-electron chi connectivity index (χ4n) is 3.10. The van der Waals surface area contributed by atoms with Crippen LogP contribution in [-0.4, -0.2) is 32.3 Å². The van der Waals surface area contributed by atoms with Crippen LogP contribution >= 0.6 is 0 Å². The van der Waals surface area contributed by atoms with Crippen molar-refractivity contribution in [2.75, 3.05) is 11.9 Å². The van der Waals surface area contributed by atoms with Gasteiger partial charge >= 0.3 is 0 Å². The lowest BCUT2D eigenvalue weighted by Gasteiger charge is -2.13. The van der Waals surface area contributed by atoms with Crippen molar-refractivity contribution in [2.24, 2.45) is 5.73 Å². The maximum atomic E-state index is 14.3. The highest BCUT2D eigenvalue weighted by Crippen LogP contribution is 2.28. The molecule has 1 atom stereocenters. The molecule has 0 saturated heterocycles. The van der Waals surface area contributed by atoms with Gasteiger partial charge in [-0.1, -0.05) is 6.92 Å². The Morgan fingerprint density at radius 1 is 1.33 bits per heavy atom. The first-order valence-corrected chi connectivity index (χ1v) is 9.77. The van der Waals surface area contributed by atoms with E-state index in [1.54, 1.807) is 42.3 Å². The number of hydrogen-bond donors (Lipinski definition) is 2. The molecular weight excluding hydrogens is 387 g/mol. The smallest absolute Gasteiger partial charge is 0.227 e. The molecule has 0 aliphatic heterocycles. The fourth-order valence-corrected chi connectivity index (χ4v) is 3.10. The molecule has 1 unspecified atom stereocenters. The van der Waals surface area contributed by atoms with E-state index >= 15 is 0 Å².